The van der Waals surface area contributed by atoms with Crippen molar-refractivity contribution >= 4 is 5.91 Å². The first kappa shape index (κ1) is 13.1. The summed E-state index contributed by atoms with van der Waals surface area (Å²) in [4.78, 5) is 16.5. The van der Waals surface area contributed by atoms with E-state index in [1.807, 2.05) is 24.9 Å². The van der Waals surface area contributed by atoms with Crippen LogP contribution in [0.1, 0.15) is 29.9 Å². The third kappa shape index (κ3) is 2.58. The molecule has 18 heavy (non-hydrogen) atoms. The predicted molar refractivity (Wildman–Crippen MR) is 72.9 cm³/mol. The number of hydrogen-bond donors (Lipinski definition) is 0. The zero-order valence-electron chi connectivity index (χ0n) is 11.6. The summed E-state index contributed by atoms with van der Waals surface area (Å²) in [6.45, 7) is 8.72. The minimum Gasteiger partial charge on any atom is -0.349 e. The predicted octanol–water partition coefficient (Wildman–Crippen LogP) is 1.46. The Balaban J connectivity index is 2.18. The van der Waals surface area contributed by atoms with Crippen molar-refractivity contribution in [3.8, 4) is 0 Å². The molecule has 1 amide bonds. The van der Waals surface area contributed by atoms with Gasteiger partial charge in [0.25, 0.3) is 5.91 Å². The largest absolute Gasteiger partial charge is 0.349 e. The number of fused-ring (bicyclic) bond motifs is 1. The number of carbonyl (C=O) groups excluding carboxylic acids is 1. The summed E-state index contributed by atoms with van der Waals surface area (Å²) in [6, 6.07) is 2.07. The van der Waals surface area contributed by atoms with Gasteiger partial charge in [-0.1, -0.05) is 0 Å². The summed E-state index contributed by atoms with van der Waals surface area (Å²) in [5, 5.41) is 0. The van der Waals surface area contributed by atoms with E-state index in [4.69, 9.17) is 0 Å². The number of rotatable bonds is 3. The maximum atomic E-state index is 12.3. The van der Waals surface area contributed by atoms with Crippen LogP contribution in [0.15, 0.2) is 12.3 Å². The summed E-state index contributed by atoms with van der Waals surface area (Å²) in [6.07, 6.45) is 3.05. The monoisotopic (exact) mass is 249 g/mol. The highest BCUT2D eigenvalue weighted by atomic mass is 16.2. The molecule has 1 aromatic heterocycles. The summed E-state index contributed by atoms with van der Waals surface area (Å²) >= 11 is 0. The van der Waals surface area contributed by atoms with Crippen LogP contribution < -0.4 is 0 Å². The first-order valence-corrected chi connectivity index (χ1v) is 6.82. The Labute approximate surface area is 109 Å². The molecule has 0 bridgehead atoms. The zero-order valence-corrected chi connectivity index (χ0v) is 11.6. The molecule has 0 fully saturated rings. The first-order chi connectivity index (χ1) is 8.65. The van der Waals surface area contributed by atoms with Gasteiger partial charge in [0, 0.05) is 51.0 Å². The molecular formula is C14H23N3O. The second-order valence-corrected chi connectivity index (χ2v) is 4.94. The van der Waals surface area contributed by atoms with Crippen LogP contribution in [0.5, 0.6) is 0 Å². The van der Waals surface area contributed by atoms with Crippen molar-refractivity contribution in [2.24, 2.45) is 0 Å². The maximum Gasteiger partial charge on any atom is 0.255 e. The van der Waals surface area contributed by atoms with Crippen LogP contribution in [0, 0.1) is 0 Å². The van der Waals surface area contributed by atoms with Gasteiger partial charge in [0.1, 0.15) is 0 Å². The fourth-order valence-electron chi connectivity index (χ4n) is 2.48. The minimum atomic E-state index is 0.161. The van der Waals surface area contributed by atoms with Crippen LogP contribution in [-0.2, 0) is 13.0 Å². The van der Waals surface area contributed by atoms with Gasteiger partial charge < -0.3 is 14.4 Å². The lowest BCUT2D eigenvalue weighted by molar-refractivity contribution is 0.0773. The Morgan fingerprint density at radius 1 is 1.28 bits per heavy atom. The first-order valence-electron chi connectivity index (χ1n) is 6.82. The molecule has 2 rings (SSSR count). The molecule has 0 spiro atoms. The van der Waals surface area contributed by atoms with E-state index >= 15 is 0 Å². The van der Waals surface area contributed by atoms with Gasteiger partial charge in [-0.15, -0.1) is 0 Å². The molecule has 0 radical (unpaired) electrons. The van der Waals surface area contributed by atoms with Crippen LogP contribution in [-0.4, -0.2) is 53.5 Å². The standard InChI is InChI=1S/C14H23N3O/c1-4-16(5-2)14(18)12-10-13-6-7-15(3)8-9-17(13)11-12/h10-11H,4-9H2,1-3H3. The van der Waals surface area contributed by atoms with Gasteiger partial charge in [-0.2, -0.15) is 0 Å². The van der Waals surface area contributed by atoms with E-state index in [1.165, 1.54) is 5.69 Å². The number of aromatic nitrogens is 1. The van der Waals surface area contributed by atoms with E-state index in [9.17, 15) is 4.79 Å². The Morgan fingerprint density at radius 2 is 2.00 bits per heavy atom. The molecule has 1 aliphatic heterocycles. The van der Waals surface area contributed by atoms with Crippen molar-refractivity contribution in [2.45, 2.75) is 26.8 Å². The number of carbonyl (C=O) groups is 1. The fraction of sp³-hybridized carbons (Fsp3) is 0.643. The van der Waals surface area contributed by atoms with Gasteiger partial charge in [0.2, 0.25) is 0 Å². The lowest BCUT2D eigenvalue weighted by Crippen LogP contribution is -2.30. The van der Waals surface area contributed by atoms with E-state index in [2.05, 4.69) is 22.6 Å². The summed E-state index contributed by atoms with van der Waals surface area (Å²) in [7, 11) is 2.15. The van der Waals surface area contributed by atoms with Crippen molar-refractivity contribution in [1.29, 1.82) is 0 Å². The number of likely N-dealkylation sites (N-methyl/N-ethyl adjacent to an activating group) is 1. The number of hydrogen-bond acceptors (Lipinski definition) is 2. The Bertz CT molecular complexity index is 395. The molecule has 0 aromatic carbocycles. The molecule has 0 saturated carbocycles. The topological polar surface area (TPSA) is 28.5 Å². The van der Waals surface area contributed by atoms with Gasteiger partial charge in [-0.05, 0) is 27.0 Å². The van der Waals surface area contributed by atoms with Crippen molar-refractivity contribution in [3.05, 3.63) is 23.5 Å². The van der Waals surface area contributed by atoms with Crippen LogP contribution >= 0.6 is 0 Å². The molecule has 0 atom stereocenters. The van der Waals surface area contributed by atoms with Gasteiger partial charge in [0.05, 0.1) is 5.56 Å². The van der Waals surface area contributed by atoms with E-state index in [0.29, 0.717) is 0 Å². The number of nitrogens with zero attached hydrogens (tertiary/aromatic N) is 3. The molecule has 0 unspecified atom stereocenters. The van der Waals surface area contributed by atoms with Crippen LogP contribution in [0.3, 0.4) is 0 Å². The van der Waals surface area contributed by atoms with E-state index in [-0.39, 0.29) is 5.91 Å². The molecule has 0 N–H and O–H groups in total. The molecule has 1 aromatic rings. The molecule has 4 heteroatoms. The second-order valence-electron chi connectivity index (χ2n) is 4.94. The van der Waals surface area contributed by atoms with E-state index in [1.54, 1.807) is 0 Å². The molecule has 1 aliphatic rings. The Kier molecular flexibility index (Phi) is 4.07. The van der Waals surface area contributed by atoms with Gasteiger partial charge in [-0.25, -0.2) is 0 Å². The molecule has 0 aliphatic carbocycles. The van der Waals surface area contributed by atoms with E-state index in [0.717, 1.165) is 44.7 Å². The Morgan fingerprint density at radius 3 is 2.67 bits per heavy atom. The summed E-state index contributed by atoms with van der Waals surface area (Å²) < 4.78 is 2.24. The molecule has 0 saturated heterocycles. The third-order valence-corrected chi connectivity index (χ3v) is 3.76. The number of amides is 1. The zero-order chi connectivity index (χ0) is 13.1. The molecule has 4 nitrogen and oxygen atoms in total. The van der Waals surface area contributed by atoms with Crippen molar-refractivity contribution < 1.29 is 4.79 Å². The average molecular weight is 249 g/mol. The lowest BCUT2D eigenvalue weighted by atomic mass is 10.2. The van der Waals surface area contributed by atoms with Crippen LogP contribution in [0.25, 0.3) is 0 Å². The van der Waals surface area contributed by atoms with E-state index < -0.39 is 0 Å². The highest BCUT2D eigenvalue weighted by Crippen LogP contribution is 2.15. The minimum absolute atomic E-state index is 0.161. The quantitative estimate of drug-likeness (QED) is 0.811. The Hall–Kier alpha value is -1.29. The van der Waals surface area contributed by atoms with Crippen molar-refractivity contribution in [3.63, 3.8) is 0 Å². The van der Waals surface area contributed by atoms with Gasteiger partial charge >= 0.3 is 0 Å². The third-order valence-electron chi connectivity index (χ3n) is 3.76. The van der Waals surface area contributed by atoms with Crippen molar-refractivity contribution in [1.82, 2.24) is 14.4 Å². The van der Waals surface area contributed by atoms with Gasteiger partial charge in [0.15, 0.2) is 0 Å². The maximum absolute atomic E-state index is 12.3. The average Bonchev–Trinajstić information content (AvgIpc) is 2.71. The van der Waals surface area contributed by atoms with Crippen molar-refractivity contribution in [2.75, 3.05) is 33.2 Å². The smallest absolute Gasteiger partial charge is 0.255 e. The summed E-state index contributed by atoms with van der Waals surface area (Å²) in [5.41, 5.74) is 2.13. The van der Waals surface area contributed by atoms with Crippen LogP contribution in [0.2, 0.25) is 0 Å². The molecule has 100 valence electrons. The lowest BCUT2D eigenvalue weighted by Gasteiger charge is -2.17. The fourth-order valence-corrected chi connectivity index (χ4v) is 2.48. The normalized spacial score (nSPS) is 16.2. The molecular weight excluding hydrogens is 226 g/mol. The second kappa shape index (κ2) is 5.57. The highest BCUT2D eigenvalue weighted by Gasteiger charge is 2.18. The van der Waals surface area contributed by atoms with Crippen LogP contribution in [0.4, 0.5) is 0 Å². The molecule has 2 heterocycles. The summed E-state index contributed by atoms with van der Waals surface area (Å²) in [5.74, 6) is 0.161. The van der Waals surface area contributed by atoms with Gasteiger partial charge in [-0.3, -0.25) is 4.79 Å². The highest BCUT2D eigenvalue weighted by molar-refractivity contribution is 5.94. The SMILES string of the molecule is CCN(CC)C(=O)c1cc2n(c1)CCN(C)CC2.